The van der Waals surface area contributed by atoms with Gasteiger partial charge in [0.2, 0.25) is 0 Å². The molecule has 1 aliphatic carbocycles. The molecule has 0 aromatic carbocycles. The lowest BCUT2D eigenvalue weighted by Crippen LogP contribution is -2.41. The van der Waals surface area contributed by atoms with Crippen molar-refractivity contribution in [2.75, 3.05) is 13.1 Å². The lowest BCUT2D eigenvalue weighted by molar-refractivity contribution is 0.0944. The standard InChI is InChI=1S/C18H24N6O/c1-13-17-22-15(18(25)21-10-16-19-6-3-7-20-16)12-24(17)9-8-23(13)11-14-4-2-5-14/h3,6-7,12-14H,2,4-5,8-11H2,1H3,(H,21,25). The highest BCUT2D eigenvalue weighted by molar-refractivity contribution is 5.92. The van der Waals surface area contributed by atoms with E-state index in [-0.39, 0.29) is 11.9 Å². The highest BCUT2D eigenvalue weighted by Crippen LogP contribution is 2.31. The average molecular weight is 340 g/mol. The van der Waals surface area contributed by atoms with Gasteiger partial charge in [0.25, 0.3) is 5.91 Å². The summed E-state index contributed by atoms with van der Waals surface area (Å²) in [6, 6.07) is 2.01. The van der Waals surface area contributed by atoms with Crippen molar-refractivity contribution >= 4 is 5.91 Å². The molecule has 1 fully saturated rings. The zero-order chi connectivity index (χ0) is 17.2. The third kappa shape index (κ3) is 3.42. The molecule has 2 aromatic rings. The molecule has 3 heterocycles. The van der Waals surface area contributed by atoms with E-state index in [9.17, 15) is 4.79 Å². The van der Waals surface area contributed by atoms with Crippen molar-refractivity contribution < 1.29 is 4.79 Å². The number of aromatic nitrogens is 4. The predicted octanol–water partition coefficient (Wildman–Crippen LogP) is 1.78. The first-order chi connectivity index (χ1) is 12.2. The molecule has 25 heavy (non-hydrogen) atoms. The van der Waals surface area contributed by atoms with E-state index in [1.54, 1.807) is 18.5 Å². The Balaban J connectivity index is 1.41. The van der Waals surface area contributed by atoms with Gasteiger partial charge in [0.1, 0.15) is 17.3 Å². The molecule has 1 N–H and O–H groups in total. The van der Waals surface area contributed by atoms with Gasteiger partial charge >= 0.3 is 0 Å². The number of rotatable bonds is 5. The molecule has 0 bridgehead atoms. The van der Waals surface area contributed by atoms with E-state index in [2.05, 4.69) is 36.7 Å². The molecule has 1 aliphatic heterocycles. The number of amides is 1. The number of nitrogens with one attached hydrogen (secondary N) is 1. The molecule has 0 saturated heterocycles. The van der Waals surface area contributed by atoms with Crippen LogP contribution in [0.4, 0.5) is 0 Å². The summed E-state index contributed by atoms with van der Waals surface area (Å²) < 4.78 is 2.12. The molecule has 7 heteroatoms. The number of carbonyl (C=O) groups is 1. The van der Waals surface area contributed by atoms with E-state index >= 15 is 0 Å². The number of imidazole rings is 1. The predicted molar refractivity (Wildman–Crippen MR) is 92.8 cm³/mol. The van der Waals surface area contributed by atoms with Crippen molar-refractivity contribution in [3.63, 3.8) is 0 Å². The van der Waals surface area contributed by atoms with Crippen molar-refractivity contribution in [1.82, 2.24) is 29.7 Å². The summed E-state index contributed by atoms with van der Waals surface area (Å²) in [7, 11) is 0. The number of nitrogens with zero attached hydrogens (tertiary/aromatic N) is 5. The Labute approximate surface area is 147 Å². The number of carbonyl (C=O) groups excluding carboxylic acids is 1. The Hall–Kier alpha value is -2.28. The van der Waals surface area contributed by atoms with E-state index in [0.29, 0.717) is 18.1 Å². The number of hydrogen-bond acceptors (Lipinski definition) is 5. The Morgan fingerprint density at radius 1 is 1.28 bits per heavy atom. The molecule has 1 amide bonds. The van der Waals surface area contributed by atoms with Gasteiger partial charge in [-0.15, -0.1) is 0 Å². The molecule has 4 rings (SSSR count). The molecular formula is C18H24N6O. The summed E-state index contributed by atoms with van der Waals surface area (Å²) in [6.45, 7) is 5.58. The minimum absolute atomic E-state index is 0.174. The smallest absolute Gasteiger partial charge is 0.271 e. The molecule has 2 aromatic heterocycles. The van der Waals surface area contributed by atoms with Crippen LogP contribution in [0.3, 0.4) is 0 Å². The van der Waals surface area contributed by atoms with Crippen LogP contribution in [0, 0.1) is 5.92 Å². The maximum absolute atomic E-state index is 12.4. The molecule has 0 radical (unpaired) electrons. The summed E-state index contributed by atoms with van der Waals surface area (Å²) in [5.74, 6) is 2.26. The monoisotopic (exact) mass is 340 g/mol. The maximum atomic E-state index is 12.4. The lowest BCUT2D eigenvalue weighted by atomic mass is 9.84. The van der Waals surface area contributed by atoms with Crippen LogP contribution in [0.2, 0.25) is 0 Å². The summed E-state index contributed by atoms with van der Waals surface area (Å²) in [5, 5.41) is 2.85. The van der Waals surface area contributed by atoms with Gasteiger partial charge in [0, 0.05) is 38.2 Å². The fourth-order valence-electron chi connectivity index (χ4n) is 3.57. The summed E-state index contributed by atoms with van der Waals surface area (Å²) in [5.41, 5.74) is 0.475. The van der Waals surface area contributed by atoms with Crippen molar-refractivity contribution in [2.24, 2.45) is 5.92 Å². The third-order valence-corrected chi connectivity index (χ3v) is 5.33. The van der Waals surface area contributed by atoms with Crippen LogP contribution in [0.15, 0.2) is 24.7 Å². The van der Waals surface area contributed by atoms with E-state index in [1.165, 1.54) is 19.3 Å². The zero-order valence-corrected chi connectivity index (χ0v) is 14.6. The molecule has 0 spiro atoms. The average Bonchev–Trinajstić information content (AvgIpc) is 3.04. The second-order valence-corrected chi connectivity index (χ2v) is 6.99. The highest BCUT2D eigenvalue weighted by atomic mass is 16.1. The van der Waals surface area contributed by atoms with Gasteiger partial charge in [0.05, 0.1) is 12.6 Å². The normalized spacial score (nSPS) is 20.8. The Kier molecular flexibility index (Phi) is 4.48. The quantitative estimate of drug-likeness (QED) is 0.898. The Morgan fingerprint density at radius 2 is 2.08 bits per heavy atom. The van der Waals surface area contributed by atoms with Crippen molar-refractivity contribution in [2.45, 2.75) is 45.3 Å². The minimum Gasteiger partial charge on any atom is -0.343 e. The SMILES string of the molecule is CC1c2nc(C(=O)NCc3ncccn3)cn2CCN1CC1CCC1. The maximum Gasteiger partial charge on any atom is 0.271 e. The van der Waals surface area contributed by atoms with Crippen molar-refractivity contribution in [1.29, 1.82) is 0 Å². The summed E-state index contributed by atoms with van der Waals surface area (Å²) in [4.78, 5) is 27.7. The highest BCUT2D eigenvalue weighted by Gasteiger charge is 2.30. The van der Waals surface area contributed by atoms with E-state index in [4.69, 9.17) is 0 Å². The van der Waals surface area contributed by atoms with Gasteiger partial charge in [0.15, 0.2) is 0 Å². The number of fused-ring (bicyclic) bond motifs is 1. The van der Waals surface area contributed by atoms with Crippen LogP contribution in [0.5, 0.6) is 0 Å². The zero-order valence-electron chi connectivity index (χ0n) is 14.6. The lowest BCUT2D eigenvalue weighted by Gasteiger charge is -2.38. The van der Waals surface area contributed by atoms with Crippen LogP contribution in [0.1, 0.15) is 54.4 Å². The van der Waals surface area contributed by atoms with Crippen LogP contribution < -0.4 is 5.32 Å². The molecule has 1 atom stereocenters. The van der Waals surface area contributed by atoms with Gasteiger partial charge in [-0.2, -0.15) is 0 Å². The summed E-state index contributed by atoms with van der Waals surface area (Å²) >= 11 is 0. The minimum atomic E-state index is -0.174. The Morgan fingerprint density at radius 3 is 2.80 bits per heavy atom. The Bertz CT molecular complexity index is 739. The molecule has 132 valence electrons. The second kappa shape index (κ2) is 6.92. The molecule has 1 unspecified atom stereocenters. The van der Waals surface area contributed by atoms with Crippen LogP contribution in [-0.4, -0.2) is 43.4 Å². The van der Waals surface area contributed by atoms with E-state index in [0.717, 1.165) is 31.4 Å². The molecule has 1 saturated carbocycles. The number of hydrogen-bond donors (Lipinski definition) is 1. The summed E-state index contributed by atoms with van der Waals surface area (Å²) in [6.07, 6.45) is 9.29. The van der Waals surface area contributed by atoms with Crippen LogP contribution in [-0.2, 0) is 13.1 Å². The van der Waals surface area contributed by atoms with Crippen molar-refractivity contribution in [3.05, 3.63) is 42.0 Å². The van der Waals surface area contributed by atoms with Gasteiger partial charge in [-0.1, -0.05) is 6.42 Å². The van der Waals surface area contributed by atoms with Crippen LogP contribution >= 0.6 is 0 Å². The first kappa shape index (κ1) is 16.2. The molecule has 2 aliphatic rings. The van der Waals surface area contributed by atoms with Crippen molar-refractivity contribution in [3.8, 4) is 0 Å². The van der Waals surface area contributed by atoms with E-state index < -0.39 is 0 Å². The molecular weight excluding hydrogens is 316 g/mol. The van der Waals surface area contributed by atoms with Gasteiger partial charge in [-0.05, 0) is 31.7 Å². The first-order valence-corrected chi connectivity index (χ1v) is 9.06. The van der Waals surface area contributed by atoms with Gasteiger partial charge in [-0.3, -0.25) is 9.69 Å². The molecule has 7 nitrogen and oxygen atoms in total. The first-order valence-electron chi connectivity index (χ1n) is 9.06. The fraction of sp³-hybridized carbons (Fsp3) is 0.556. The second-order valence-electron chi connectivity index (χ2n) is 6.99. The topological polar surface area (TPSA) is 75.9 Å². The third-order valence-electron chi connectivity index (χ3n) is 5.33. The van der Waals surface area contributed by atoms with Gasteiger partial charge < -0.3 is 9.88 Å². The van der Waals surface area contributed by atoms with Crippen LogP contribution in [0.25, 0.3) is 0 Å². The largest absolute Gasteiger partial charge is 0.343 e. The van der Waals surface area contributed by atoms with Gasteiger partial charge in [-0.25, -0.2) is 15.0 Å². The fourth-order valence-corrected chi connectivity index (χ4v) is 3.57. The van der Waals surface area contributed by atoms with E-state index in [1.807, 2.05) is 6.20 Å².